The zero-order valence-electron chi connectivity index (χ0n) is 11.1. The highest BCUT2D eigenvalue weighted by Gasteiger charge is 2.23. The fourth-order valence-electron chi connectivity index (χ4n) is 2.43. The summed E-state index contributed by atoms with van der Waals surface area (Å²) in [4.78, 5) is 19.3. The molecule has 1 amide bonds. The van der Waals surface area contributed by atoms with E-state index in [9.17, 15) is 4.79 Å². The minimum Gasteiger partial charge on any atom is -0.493 e. The molecule has 1 aromatic heterocycles. The van der Waals surface area contributed by atoms with Gasteiger partial charge in [-0.25, -0.2) is 4.98 Å². The maximum atomic E-state index is 12.2. The summed E-state index contributed by atoms with van der Waals surface area (Å²) < 4.78 is 5.68. The summed E-state index contributed by atoms with van der Waals surface area (Å²) in [7, 11) is 0. The Morgan fingerprint density at radius 2 is 2.35 bits per heavy atom. The molecule has 5 nitrogen and oxygen atoms in total. The van der Waals surface area contributed by atoms with E-state index in [1.54, 1.807) is 12.4 Å². The Kier molecular flexibility index (Phi) is 3.67. The highest BCUT2D eigenvalue weighted by molar-refractivity contribution is 5.79. The van der Waals surface area contributed by atoms with Crippen molar-refractivity contribution in [2.24, 2.45) is 5.92 Å². The molecule has 1 unspecified atom stereocenters. The van der Waals surface area contributed by atoms with E-state index in [2.05, 4.69) is 15.3 Å². The molecule has 1 aliphatic heterocycles. The van der Waals surface area contributed by atoms with Crippen LogP contribution in [0.1, 0.15) is 17.8 Å². The van der Waals surface area contributed by atoms with Crippen LogP contribution in [0, 0.1) is 5.92 Å². The molecule has 1 aromatic carbocycles. The molecule has 0 radical (unpaired) electrons. The number of hydrogen-bond acceptors (Lipinski definition) is 3. The van der Waals surface area contributed by atoms with Gasteiger partial charge in [-0.3, -0.25) is 4.79 Å². The summed E-state index contributed by atoms with van der Waals surface area (Å²) in [6.45, 7) is 1.01. The van der Waals surface area contributed by atoms with Crippen molar-refractivity contribution >= 4 is 5.91 Å². The van der Waals surface area contributed by atoms with Gasteiger partial charge in [0.25, 0.3) is 0 Å². The number of carbonyl (C=O) groups is 1. The number of imidazole rings is 1. The summed E-state index contributed by atoms with van der Waals surface area (Å²) in [5, 5.41) is 2.93. The van der Waals surface area contributed by atoms with E-state index < -0.39 is 0 Å². The van der Waals surface area contributed by atoms with Crippen molar-refractivity contribution in [3.63, 3.8) is 0 Å². The predicted octanol–water partition coefficient (Wildman–Crippen LogP) is 1.67. The molecule has 2 N–H and O–H groups in total. The zero-order chi connectivity index (χ0) is 13.8. The Labute approximate surface area is 117 Å². The largest absolute Gasteiger partial charge is 0.493 e. The number of nitrogens with one attached hydrogen (secondary N) is 2. The number of fused-ring (bicyclic) bond motifs is 1. The van der Waals surface area contributed by atoms with Gasteiger partial charge in [0.15, 0.2) is 0 Å². The molecule has 1 aliphatic rings. The van der Waals surface area contributed by atoms with Crippen LogP contribution in [0.5, 0.6) is 5.75 Å². The van der Waals surface area contributed by atoms with E-state index in [1.807, 2.05) is 24.3 Å². The molecule has 0 bridgehead atoms. The molecule has 1 atom stereocenters. The van der Waals surface area contributed by atoms with Crippen LogP contribution in [0.3, 0.4) is 0 Å². The van der Waals surface area contributed by atoms with Gasteiger partial charge in [0.1, 0.15) is 11.6 Å². The Morgan fingerprint density at radius 3 is 3.20 bits per heavy atom. The minimum absolute atomic E-state index is 0.0476. The molecule has 0 saturated heterocycles. The van der Waals surface area contributed by atoms with Crippen LogP contribution in [0.2, 0.25) is 0 Å². The first-order chi connectivity index (χ1) is 9.83. The highest BCUT2D eigenvalue weighted by atomic mass is 16.5. The normalized spacial score (nSPS) is 17.7. The van der Waals surface area contributed by atoms with Gasteiger partial charge in [-0.05, 0) is 24.5 Å². The number of amides is 1. The summed E-state index contributed by atoms with van der Waals surface area (Å²) >= 11 is 0. The molecule has 3 rings (SSSR count). The van der Waals surface area contributed by atoms with Crippen LogP contribution in [0.15, 0.2) is 36.7 Å². The van der Waals surface area contributed by atoms with Crippen LogP contribution >= 0.6 is 0 Å². The lowest BCUT2D eigenvalue weighted by molar-refractivity contribution is -0.125. The standard InChI is InChI=1S/C15H17N3O2/c19-15(18-10-14-16-6-7-17-14)12-5-8-20-13-4-2-1-3-11(13)9-12/h1-4,6-7,12H,5,8-10H2,(H,16,17)(H,18,19). The average molecular weight is 271 g/mol. The first-order valence-corrected chi connectivity index (χ1v) is 6.79. The number of ether oxygens (including phenoxy) is 1. The summed E-state index contributed by atoms with van der Waals surface area (Å²) in [6.07, 6.45) is 4.88. The second kappa shape index (κ2) is 5.77. The molecule has 2 heterocycles. The second-order valence-electron chi connectivity index (χ2n) is 4.90. The van der Waals surface area contributed by atoms with Gasteiger partial charge in [-0.2, -0.15) is 0 Å². The third-order valence-electron chi connectivity index (χ3n) is 3.52. The Hall–Kier alpha value is -2.30. The van der Waals surface area contributed by atoms with Gasteiger partial charge < -0.3 is 15.0 Å². The van der Waals surface area contributed by atoms with Crippen molar-refractivity contribution < 1.29 is 9.53 Å². The molecule has 5 heteroatoms. The maximum Gasteiger partial charge on any atom is 0.223 e. The van der Waals surface area contributed by atoms with Crippen molar-refractivity contribution in [3.05, 3.63) is 48.0 Å². The van der Waals surface area contributed by atoms with Crippen molar-refractivity contribution in [2.45, 2.75) is 19.4 Å². The zero-order valence-corrected chi connectivity index (χ0v) is 11.1. The quantitative estimate of drug-likeness (QED) is 0.892. The van der Waals surface area contributed by atoms with Crippen LogP contribution in [0.4, 0.5) is 0 Å². The number of hydrogen-bond donors (Lipinski definition) is 2. The van der Waals surface area contributed by atoms with Crippen molar-refractivity contribution in [3.8, 4) is 5.75 Å². The summed E-state index contributed by atoms with van der Waals surface area (Å²) in [5.74, 6) is 1.67. The highest BCUT2D eigenvalue weighted by Crippen LogP contribution is 2.26. The monoisotopic (exact) mass is 271 g/mol. The fraction of sp³-hybridized carbons (Fsp3) is 0.333. The van der Waals surface area contributed by atoms with Crippen molar-refractivity contribution in [1.82, 2.24) is 15.3 Å². The molecule has 0 saturated carbocycles. The van der Waals surface area contributed by atoms with Crippen LogP contribution in [0.25, 0.3) is 0 Å². The van der Waals surface area contributed by atoms with Crippen molar-refractivity contribution in [1.29, 1.82) is 0 Å². The Balaban J connectivity index is 1.63. The number of aromatic amines is 1. The molecule has 0 aliphatic carbocycles. The summed E-state index contributed by atoms with van der Waals surface area (Å²) in [6, 6.07) is 7.91. The lowest BCUT2D eigenvalue weighted by Gasteiger charge is -2.13. The van der Waals surface area contributed by atoms with Crippen LogP contribution < -0.4 is 10.1 Å². The second-order valence-corrected chi connectivity index (χ2v) is 4.90. The first-order valence-electron chi connectivity index (χ1n) is 6.79. The number of para-hydroxylation sites is 1. The number of carbonyl (C=O) groups excluding carboxylic acids is 1. The third-order valence-corrected chi connectivity index (χ3v) is 3.52. The number of H-pyrrole nitrogens is 1. The van der Waals surface area contributed by atoms with Gasteiger partial charge in [0.05, 0.1) is 13.2 Å². The average Bonchev–Trinajstić information content (AvgIpc) is 2.89. The van der Waals surface area contributed by atoms with Gasteiger partial charge in [-0.15, -0.1) is 0 Å². The predicted molar refractivity (Wildman–Crippen MR) is 74.2 cm³/mol. The minimum atomic E-state index is -0.0476. The smallest absolute Gasteiger partial charge is 0.223 e. The molecule has 2 aromatic rings. The number of benzene rings is 1. The van der Waals surface area contributed by atoms with Gasteiger partial charge in [0.2, 0.25) is 5.91 Å². The van der Waals surface area contributed by atoms with Gasteiger partial charge in [0, 0.05) is 18.3 Å². The third kappa shape index (κ3) is 2.82. The SMILES string of the molecule is O=C(NCc1ncc[nH]1)C1CCOc2ccccc2C1. The molecule has 20 heavy (non-hydrogen) atoms. The molecular formula is C15H17N3O2. The lowest BCUT2D eigenvalue weighted by atomic mass is 9.96. The van der Waals surface area contributed by atoms with E-state index in [4.69, 9.17) is 4.74 Å². The van der Waals surface area contributed by atoms with Crippen molar-refractivity contribution in [2.75, 3.05) is 6.61 Å². The van der Waals surface area contributed by atoms with Crippen LogP contribution in [-0.2, 0) is 17.8 Å². The first kappa shape index (κ1) is 12.7. The van der Waals surface area contributed by atoms with E-state index >= 15 is 0 Å². The van der Waals surface area contributed by atoms with Gasteiger partial charge in [-0.1, -0.05) is 18.2 Å². The summed E-state index contributed by atoms with van der Waals surface area (Å²) in [5.41, 5.74) is 1.10. The Bertz CT molecular complexity index is 581. The maximum absolute atomic E-state index is 12.2. The van der Waals surface area contributed by atoms with E-state index in [0.29, 0.717) is 13.2 Å². The number of aromatic nitrogens is 2. The Morgan fingerprint density at radius 1 is 1.45 bits per heavy atom. The topological polar surface area (TPSA) is 67.0 Å². The molecule has 0 fully saturated rings. The van der Waals surface area contributed by atoms with E-state index in [0.717, 1.165) is 30.0 Å². The van der Waals surface area contributed by atoms with Crippen LogP contribution in [-0.4, -0.2) is 22.5 Å². The molecule has 104 valence electrons. The number of rotatable bonds is 3. The number of nitrogens with zero attached hydrogens (tertiary/aromatic N) is 1. The fourth-order valence-corrected chi connectivity index (χ4v) is 2.43. The van der Waals surface area contributed by atoms with Gasteiger partial charge >= 0.3 is 0 Å². The van der Waals surface area contributed by atoms with E-state index in [-0.39, 0.29) is 11.8 Å². The lowest BCUT2D eigenvalue weighted by Crippen LogP contribution is -2.32. The molecular weight excluding hydrogens is 254 g/mol. The van der Waals surface area contributed by atoms with E-state index in [1.165, 1.54) is 0 Å². The molecule has 0 spiro atoms.